The number of aliphatic imine (C=N–C) groups is 1. The Labute approximate surface area is 80.5 Å². The third-order valence-electron chi connectivity index (χ3n) is 1.33. The molecule has 0 saturated carbocycles. The minimum atomic E-state index is 0.839. The maximum absolute atomic E-state index is 5.26. The average molecular weight is 173 g/mol. The molecule has 1 aromatic rings. The summed E-state index contributed by atoms with van der Waals surface area (Å²) in [6, 6.07) is 7.60. The summed E-state index contributed by atoms with van der Waals surface area (Å²) in [6.07, 6.45) is 6.99. The van der Waals surface area contributed by atoms with Gasteiger partial charge in [-0.05, 0) is 19.1 Å². The molecule has 0 atom stereocenters. The van der Waals surface area contributed by atoms with E-state index in [-0.39, 0.29) is 0 Å². The Morgan fingerprint density at radius 2 is 1.92 bits per heavy atom. The molecule has 1 rings (SSSR count). The van der Waals surface area contributed by atoms with E-state index in [0.717, 1.165) is 11.3 Å². The van der Waals surface area contributed by atoms with Crippen molar-refractivity contribution >= 4 is 11.9 Å². The molecule has 0 heterocycles. The summed E-state index contributed by atoms with van der Waals surface area (Å²) in [5.74, 6) is 2.57. The second-order valence-corrected chi connectivity index (χ2v) is 2.05. The van der Waals surface area contributed by atoms with Gasteiger partial charge in [0.05, 0.1) is 5.69 Å². The van der Waals surface area contributed by atoms with Crippen LogP contribution in [0.1, 0.15) is 26.3 Å². The van der Waals surface area contributed by atoms with Crippen molar-refractivity contribution in [3.05, 3.63) is 29.8 Å². The molecule has 1 nitrogen and oxygen atoms in total. The molecule has 0 saturated heterocycles. The van der Waals surface area contributed by atoms with Crippen LogP contribution in [0.15, 0.2) is 29.3 Å². The van der Waals surface area contributed by atoms with E-state index < -0.39 is 0 Å². The molecule has 0 amide bonds. The molecular formula is C12H15N. The standard InChI is InChI=1S/C10H9N.C2H6/c1-3-9-7-5-6-8-10(9)11-4-2;1-2/h1,4-8H,2H3;1-2H3. The molecule has 0 aliphatic rings. The first-order valence-electron chi connectivity index (χ1n) is 4.43. The van der Waals surface area contributed by atoms with Gasteiger partial charge in [-0.3, -0.25) is 4.99 Å². The quantitative estimate of drug-likeness (QED) is 0.456. The number of rotatable bonds is 1. The molecule has 0 fully saturated rings. The van der Waals surface area contributed by atoms with Crippen molar-refractivity contribution in [3.63, 3.8) is 0 Å². The Hall–Kier alpha value is -1.55. The van der Waals surface area contributed by atoms with Gasteiger partial charge < -0.3 is 0 Å². The van der Waals surface area contributed by atoms with Gasteiger partial charge in [0.15, 0.2) is 0 Å². The van der Waals surface area contributed by atoms with Crippen molar-refractivity contribution in [3.8, 4) is 12.3 Å². The molecule has 0 aliphatic carbocycles. The number of para-hydroxylation sites is 1. The van der Waals surface area contributed by atoms with Crippen molar-refractivity contribution in [2.75, 3.05) is 0 Å². The van der Waals surface area contributed by atoms with Crippen molar-refractivity contribution in [1.29, 1.82) is 0 Å². The molecule has 0 spiro atoms. The summed E-state index contributed by atoms with van der Waals surface area (Å²) in [5.41, 5.74) is 1.70. The third-order valence-corrected chi connectivity index (χ3v) is 1.33. The van der Waals surface area contributed by atoms with Gasteiger partial charge in [-0.2, -0.15) is 0 Å². The molecule has 0 unspecified atom stereocenters. The lowest BCUT2D eigenvalue weighted by molar-refractivity contribution is 1.50. The van der Waals surface area contributed by atoms with Crippen LogP contribution in [0.25, 0.3) is 0 Å². The van der Waals surface area contributed by atoms with Crippen molar-refractivity contribution in [2.45, 2.75) is 20.8 Å². The highest BCUT2D eigenvalue weighted by Gasteiger charge is 1.92. The van der Waals surface area contributed by atoms with Gasteiger partial charge in [0.1, 0.15) is 0 Å². The van der Waals surface area contributed by atoms with Crippen molar-refractivity contribution in [2.24, 2.45) is 4.99 Å². The highest BCUT2D eigenvalue weighted by atomic mass is 14.7. The van der Waals surface area contributed by atoms with Gasteiger partial charge in [-0.1, -0.05) is 31.9 Å². The number of terminal acetylenes is 1. The molecule has 0 N–H and O–H groups in total. The molecule has 1 heteroatoms. The Morgan fingerprint density at radius 3 is 2.46 bits per heavy atom. The lowest BCUT2D eigenvalue weighted by Crippen LogP contribution is -1.73. The Morgan fingerprint density at radius 1 is 1.31 bits per heavy atom. The van der Waals surface area contributed by atoms with Crippen LogP contribution in [0.5, 0.6) is 0 Å². The van der Waals surface area contributed by atoms with Crippen LogP contribution in [0.2, 0.25) is 0 Å². The minimum absolute atomic E-state index is 0.839. The second-order valence-electron chi connectivity index (χ2n) is 2.05. The summed E-state index contributed by atoms with van der Waals surface area (Å²) in [7, 11) is 0. The Bertz CT molecular complexity index is 305. The highest BCUT2D eigenvalue weighted by molar-refractivity contribution is 5.64. The summed E-state index contributed by atoms with van der Waals surface area (Å²) in [5, 5.41) is 0. The van der Waals surface area contributed by atoms with Gasteiger partial charge in [0.2, 0.25) is 0 Å². The normalized spacial score (nSPS) is 8.77. The lowest BCUT2D eigenvalue weighted by atomic mass is 10.2. The number of benzene rings is 1. The van der Waals surface area contributed by atoms with Gasteiger partial charge >= 0.3 is 0 Å². The first-order valence-corrected chi connectivity index (χ1v) is 4.43. The summed E-state index contributed by atoms with van der Waals surface area (Å²) < 4.78 is 0. The smallest absolute Gasteiger partial charge is 0.0781 e. The van der Waals surface area contributed by atoms with Gasteiger partial charge in [-0.25, -0.2) is 0 Å². The molecule has 0 bridgehead atoms. The molecular weight excluding hydrogens is 158 g/mol. The largest absolute Gasteiger partial charge is 0.260 e. The average Bonchev–Trinajstić information content (AvgIpc) is 2.22. The van der Waals surface area contributed by atoms with Crippen LogP contribution in [0.3, 0.4) is 0 Å². The Balaban J connectivity index is 0.000000671. The maximum Gasteiger partial charge on any atom is 0.0781 e. The van der Waals surface area contributed by atoms with Crippen LogP contribution in [0, 0.1) is 12.3 Å². The second kappa shape index (κ2) is 7.12. The van der Waals surface area contributed by atoms with Gasteiger partial charge in [0.25, 0.3) is 0 Å². The highest BCUT2D eigenvalue weighted by Crippen LogP contribution is 2.16. The fraction of sp³-hybridized carbons (Fsp3) is 0.250. The maximum atomic E-state index is 5.26. The molecule has 1 aromatic carbocycles. The van der Waals surface area contributed by atoms with E-state index >= 15 is 0 Å². The minimum Gasteiger partial charge on any atom is -0.260 e. The Kier molecular flexibility index (Phi) is 6.27. The van der Waals surface area contributed by atoms with E-state index in [0.29, 0.717) is 0 Å². The van der Waals surface area contributed by atoms with Crippen LogP contribution in [0.4, 0.5) is 5.69 Å². The van der Waals surface area contributed by atoms with Crippen molar-refractivity contribution < 1.29 is 0 Å². The molecule has 68 valence electrons. The van der Waals surface area contributed by atoms with E-state index in [1.807, 2.05) is 45.0 Å². The van der Waals surface area contributed by atoms with Crippen LogP contribution >= 0.6 is 0 Å². The number of nitrogens with zero attached hydrogens (tertiary/aromatic N) is 1. The van der Waals surface area contributed by atoms with E-state index in [1.165, 1.54) is 0 Å². The molecule has 13 heavy (non-hydrogen) atoms. The molecule has 0 aromatic heterocycles. The van der Waals surface area contributed by atoms with Gasteiger partial charge in [-0.15, -0.1) is 6.42 Å². The fourth-order valence-corrected chi connectivity index (χ4v) is 0.847. The summed E-state index contributed by atoms with van der Waals surface area (Å²) in [6.45, 7) is 5.87. The summed E-state index contributed by atoms with van der Waals surface area (Å²) >= 11 is 0. The zero-order valence-electron chi connectivity index (χ0n) is 8.41. The topological polar surface area (TPSA) is 12.4 Å². The number of hydrogen-bond donors (Lipinski definition) is 0. The van der Waals surface area contributed by atoms with Crippen LogP contribution < -0.4 is 0 Å². The van der Waals surface area contributed by atoms with Gasteiger partial charge in [0, 0.05) is 11.8 Å². The predicted octanol–water partition coefficient (Wildman–Crippen LogP) is 3.42. The first kappa shape index (κ1) is 11.4. The van der Waals surface area contributed by atoms with E-state index in [1.54, 1.807) is 6.21 Å². The van der Waals surface area contributed by atoms with E-state index in [2.05, 4.69) is 10.9 Å². The molecule has 0 aliphatic heterocycles. The number of hydrogen-bond acceptors (Lipinski definition) is 1. The van der Waals surface area contributed by atoms with Crippen LogP contribution in [-0.2, 0) is 0 Å². The van der Waals surface area contributed by atoms with E-state index in [4.69, 9.17) is 6.42 Å². The van der Waals surface area contributed by atoms with E-state index in [9.17, 15) is 0 Å². The monoisotopic (exact) mass is 173 g/mol. The lowest BCUT2D eigenvalue weighted by Gasteiger charge is -1.94. The SMILES string of the molecule is C#Cc1ccccc1N=CC.CC. The zero-order valence-corrected chi connectivity index (χ0v) is 8.41. The summed E-state index contributed by atoms with van der Waals surface area (Å²) in [4.78, 5) is 4.11. The first-order chi connectivity index (χ1) is 6.38. The van der Waals surface area contributed by atoms with Crippen molar-refractivity contribution in [1.82, 2.24) is 0 Å². The van der Waals surface area contributed by atoms with Crippen LogP contribution in [-0.4, -0.2) is 6.21 Å². The molecule has 0 radical (unpaired) electrons. The zero-order chi connectivity index (χ0) is 10.1. The third kappa shape index (κ3) is 3.57. The predicted molar refractivity (Wildman–Crippen MR) is 59.6 cm³/mol. The fourth-order valence-electron chi connectivity index (χ4n) is 0.847.